The van der Waals surface area contributed by atoms with Crippen molar-refractivity contribution in [2.45, 2.75) is 102 Å². The van der Waals surface area contributed by atoms with Gasteiger partial charge >= 0.3 is 0 Å². The Morgan fingerprint density at radius 2 is 1.81 bits per heavy atom. The highest BCUT2D eigenvalue weighted by atomic mass is 32.2. The number of nitrogens with zero attached hydrogens (tertiary/aromatic N) is 4. The van der Waals surface area contributed by atoms with Crippen molar-refractivity contribution in [3.05, 3.63) is 67.3 Å². The quantitative estimate of drug-likeness (QED) is 0.162. The van der Waals surface area contributed by atoms with E-state index in [1.807, 2.05) is 80.3 Å². The van der Waals surface area contributed by atoms with Gasteiger partial charge in [0.1, 0.15) is 29.2 Å². The van der Waals surface area contributed by atoms with Crippen LogP contribution in [0.5, 0.6) is 11.5 Å². The number of carbonyl (C=O) groups is 4. The average molecular weight is 813 g/mol. The standard InChI is InChI=1S/C44H55N5O8S/c1-6-30-26-44(30,42(53)49(58(54)55)31-15-16-31)46-40(51)37-23-33(27-48(37)41(52)29(25-43(2,3)4)21-39(50)47-19-11-8-12-20-47)57-38-24-35(28-13-9-7-10-14-28)45-36-22-32(56-5)17-18-34(36)38/h6-7,9-10,13-14,17-18,22,24,29-31,33,37H,1,8,11-12,15-16,19-21,23,25-27H2,2-5H3,(H,46,51)(H,54,55)/p-1/t29-,30+,33+,37-,44+/m0/s1. The van der Waals surface area contributed by atoms with Crippen LogP contribution in [-0.2, 0) is 30.4 Å². The maximum absolute atomic E-state index is 14.9. The molecule has 2 saturated heterocycles. The van der Waals surface area contributed by atoms with Crippen LogP contribution in [0.25, 0.3) is 22.2 Å². The molecule has 6 atom stereocenters. The van der Waals surface area contributed by atoms with Gasteiger partial charge in [-0.2, -0.15) is 0 Å². The van der Waals surface area contributed by atoms with Gasteiger partial charge in [0.2, 0.25) is 17.7 Å². The zero-order valence-electron chi connectivity index (χ0n) is 33.8. The SMILES string of the molecule is C=C[C@@H]1C[C@]1(NC(=O)[C@@H]1C[C@@H](Oc2cc(-c3ccccc3)nc3cc(OC)ccc23)CN1C(=O)[C@@H](CC(=O)N1CCCCC1)CC(C)(C)C)C(=O)N(C1CC1)S(=O)[O-]. The van der Waals surface area contributed by atoms with Crippen LogP contribution in [0.3, 0.4) is 0 Å². The molecule has 1 N–H and O–H groups in total. The summed E-state index contributed by atoms with van der Waals surface area (Å²) in [5.41, 5.74) is 0.353. The van der Waals surface area contributed by atoms with Crippen LogP contribution in [0.2, 0.25) is 0 Å². The van der Waals surface area contributed by atoms with E-state index in [9.17, 15) is 27.9 Å². The summed E-state index contributed by atoms with van der Waals surface area (Å²) < 4.78 is 37.7. The molecule has 2 aliphatic heterocycles. The zero-order chi connectivity index (χ0) is 41.4. The van der Waals surface area contributed by atoms with E-state index < -0.39 is 58.6 Å². The van der Waals surface area contributed by atoms with Gasteiger partial charge in [-0.1, -0.05) is 57.2 Å². The number of benzene rings is 2. The second-order valence-electron chi connectivity index (χ2n) is 17.4. The first kappa shape index (κ1) is 41.3. The van der Waals surface area contributed by atoms with E-state index in [2.05, 4.69) is 11.9 Å². The topological polar surface area (TPSA) is 162 Å². The zero-order valence-corrected chi connectivity index (χ0v) is 34.6. The van der Waals surface area contributed by atoms with Gasteiger partial charge in [-0.3, -0.25) is 27.7 Å². The first-order valence-electron chi connectivity index (χ1n) is 20.4. The number of ether oxygens (including phenoxy) is 2. The highest BCUT2D eigenvalue weighted by molar-refractivity contribution is 7.77. The summed E-state index contributed by atoms with van der Waals surface area (Å²) in [6.45, 7) is 11.3. The molecule has 2 aromatic carbocycles. The van der Waals surface area contributed by atoms with Crippen LogP contribution in [0, 0.1) is 17.3 Å². The molecule has 3 heterocycles. The van der Waals surface area contributed by atoms with Crippen LogP contribution in [0.4, 0.5) is 0 Å². The van der Waals surface area contributed by atoms with Gasteiger partial charge in [0.15, 0.2) is 0 Å². The first-order chi connectivity index (χ1) is 27.7. The van der Waals surface area contributed by atoms with E-state index in [-0.39, 0.29) is 43.0 Å². The Morgan fingerprint density at radius 1 is 1.09 bits per heavy atom. The lowest BCUT2D eigenvalue weighted by Gasteiger charge is -2.34. The lowest BCUT2D eigenvalue weighted by atomic mass is 9.82. The third-order valence-electron chi connectivity index (χ3n) is 11.8. The Morgan fingerprint density at radius 3 is 2.43 bits per heavy atom. The molecule has 0 radical (unpaired) electrons. The summed E-state index contributed by atoms with van der Waals surface area (Å²) in [6, 6.07) is 15.5. The highest BCUT2D eigenvalue weighted by Crippen LogP contribution is 2.48. The number of aromatic nitrogens is 1. The summed E-state index contributed by atoms with van der Waals surface area (Å²) >= 11 is -2.82. The molecule has 310 valence electrons. The molecule has 14 heteroatoms. The van der Waals surface area contributed by atoms with Crippen LogP contribution in [0.1, 0.15) is 78.6 Å². The van der Waals surface area contributed by atoms with Crippen molar-refractivity contribution in [2.75, 3.05) is 26.7 Å². The Kier molecular flexibility index (Phi) is 12.0. The van der Waals surface area contributed by atoms with Gasteiger partial charge < -0.3 is 29.1 Å². The van der Waals surface area contributed by atoms with Crippen LogP contribution in [-0.4, -0.2) is 102 Å². The second kappa shape index (κ2) is 16.8. The summed E-state index contributed by atoms with van der Waals surface area (Å²) in [6.07, 6.45) is 5.60. The molecule has 3 aromatic rings. The maximum Gasteiger partial charge on any atom is 0.260 e. The lowest BCUT2D eigenvalue weighted by molar-refractivity contribution is -0.146. The van der Waals surface area contributed by atoms with Gasteiger partial charge in [0, 0.05) is 66.9 Å². The van der Waals surface area contributed by atoms with Crippen molar-refractivity contribution in [3.63, 3.8) is 0 Å². The van der Waals surface area contributed by atoms with Crippen LogP contribution in [0.15, 0.2) is 67.3 Å². The van der Waals surface area contributed by atoms with Crippen molar-refractivity contribution in [2.24, 2.45) is 17.3 Å². The van der Waals surface area contributed by atoms with Gasteiger partial charge in [0.25, 0.3) is 5.91 Å². The minimum absolute atomic E-state index is 0.0103. The van der Waals surface area contributed by atoms with E-state index in [1.165, 1.54) is 4.90 Å². The number of hydrogen-bond acceptors (Lipinski definition) is 9. The molecule has 4 fully saturated rings. The van der Waals surface area contributed by atoms with Gasteiger partial charge in [-0.25, -0.2) is 4.98 Å². The predicted molar refractivity (Wildman–Crippen MR) is 219 cm³/mol. The van der Waals surface area contributed by atoms with Gasteiger partial charge in [-0.05, 0) is 62.5 Å². The molecular formula is C44H54N5O8S-. The van der Waals surface area contributed by atoms with Crippen molar-refractivity contribution in [1.82, 2.24) is 24.4 Å². The maximum atomic E-state index is 14.9. The molecule has 2 aliphatic carbocycles. The number of fused-ring (bicyclic) bond motifs is 1. The molecule has 4 aliphatic rings. The van der Waals surface area contributed by atoms with E-state index in [4.69, 9.17) is 14.5 Å². The monoisotopic (exact) mass is 812 g/mol. The normalized spacial score (nSPS) is 24.1. The fourth-order valence-corrected chi connectivity index (χ4v) is 9.35. The van der Waals surface area contributed by atoms with E-state index in [0.29, 0.717) is 60.4 Å². The van der Waals surface area contributed by atoms with Crippen LogP contribution >= 0.6 is 0 Å². The second-order valence-corrected chi connectivity index (χ2v) is 18.3. The van der Waals surface area contributed by atoms with Crippen LogP contribution < -0.4 is 14.8 Å². The lowest BCUT2D eigenvalue weighted by Crippen LogP contribution is -2.57. The molecule has 58 heavy (non-hydrogen) atoms. The van der Waals surface area contributed by atoms with E-state index in [0.717, 1.165) is 29.1 Å². The molecule has 2 saturated carbocycles. The minimum Gasteiger partial charge on any atom is -0.755 e. The molecule has 13 nitrogen and oxygen atoms in total. The highest BCUT2D eigenvalue weighted by Gasteiger charge is 2.63. The van der Waals surface area contributed by atoms with Crippen molar-refractivity contribution in [3.8, 4) is 22.8 Å². The number of hydrogen-bond donors (Lipinski definition) is 1. The van der Waals surface area contributed by atoms with Crippen molar-refractivity contribution in [1.29, 1.82) is 0 Å². The van der Waals surface area contributed by atoms with Crippen molar-refractivity contribution >= 4 is 45.8 Å². The molecule has 1 aromatic heterocycles. The average Bonchev–Trinajstić information content (AvgIpc) is 4.13. The molecule has 0 spiro atoms. The summed E-state index contributed by atoms with van der Waals surface area (Å²) in [7, 11) is 1.59. The summed E-state index contributed by atoms with van der Waals surface area (Å²) in [4.78, 5) is 65.5. The molecule has 0 bridgehead atoms. The molecule has 4 amide bonds. The number of amides is 4. The minimum atomic E-state index is -2.82. The number of carbonyl (C=O) groups excluding carboxylic acids is 4. The van der Waals surface area contributed by atoms with Gasteiger partial charge in [-0.15, -0.1) is 6.58 Å². The number of piperidine rings is 1. The number of pyridine rings is 1. The van der Waals surface area contributed by atoms with E-state index in [1.54, 1.807) is 13.2 Å². The third-order valence-corrected chi connectivity index (χ3v) is 12.6. The van der Waals surface area contributed by atoms with E-state index >= 15 is 0 Å². The first-order valence-corrected chi connectivity index (χ1v) is 21.4. The predicted octanol–water partition coefficient (Wildman–Crippen LogP) is 5.56. The molecular weight excluding hydrogens is 759 g/mol. The fourth-order valence-electron chi connectivity index (χ4n) is 8.60. The Hall–Kier alpha value is -4.82. The Labute approximate surface area is 342 Å². The fraction of sp³-hybridized carbons (Fsp3) is 0.523. The number of nitrogens with one attached hydrogen (secondary N) is 1. The Bertz CT molecular complexity index is 2080. The number of likely N-dealkylation sites (tertiary alicyclic amines) is 2. The third kappa shape index (κ3) is 8.92. The largest absolute Gasteiger partial charge is 0.755 e. The number of rotatable bonds is 14. The van der Waals surface area contributed by atoms with Gasteiger partial charge in [0.05, 0.1) is 36.1 Å². The Balaban J connectivity index is 1.22. The molecule has 1 unspecified atom stereocenters. The number of methoxy groups -OCH3 is 1. The smallest absolute Gasteiger partial charge is 0.260 e. The summed E-state index contributed by atoms with van der Waals surface area (Å²) in [5.74, 6) is -1.77. The summed E-state index contributed by atoms with van der Waals surface area (Å²) in [5, 5.41) is 3.64. The van der Waals surface area contributed by atoms with Crippen molar-refractivity contribution < 1.29 is 37.4 Å². The molecule has 7 rings (SSSR count).